The highest BCUT2D eigenvalue weighted by molar-refractivity contribution is 14.1. The van der Waals surface area contributed by atoms with E-state index >= 15 is 0 Å². The highest BCUT2D eigenvalue weighted by atomic mass is 127. The van der Waals surface area contributed by atoms with Crippen molar-refractivity contribution in [2.24, 2.45) is 0 Å². The van der Waals surface area contributed by atoms with Gasteiger partial charge in [-0.15, -0.1) is 6.58 Å². The molecule has 128 valence electrons. The summed E-state index contributed by atoms with van der Waals surface area (Å²) in [5.74, 6) is 0.0504. The van der Waals surface area contributed by atoms with Gasteiger partial charge in [-0.2, -0.15) is 0 Å². The number of hydrogen-bond donors (Lipinski definition) is 1. The Morgan fingerprint density at radius 1 is 1.29 bits per heavy atom. The Labute approximate surface area is 156 Å². The fourth-order valence-corrected chi connectivity index (χ4v) is 2.44. The van der Waals surface area contributed by atoms with Crippen LogP contribution < -0.4 is 4.90 Å². The van der Waals surface area contributed by atoms with Crippen LogP contribution in [0, 0.1) is 0 Å². The molecule has 3 amide bonds. The first-order chi connectivity index (χ1) is 11.2. The molecule has 1 aromatic carbocycles. The molecule has 0 aliphatic rings. The van der Waals surface area contributed by atoms with Gasteiger partial charge in [-0.1, -0.05) is 31.7 Å². The molecule has 1 N–H and O–H groups in total. The van der Waals surface area contributed by atoms with Crippen LogP contribution in [0.4, 0.5) is 15.3 Å². The van der Waals surface area contributed by atoms with E-state index in [4.69, 9.17) is 0 Å². The van der Waals surface area contributed by atoms with Crippen LogP contribution in [0.1, 0.15) is 25.3 Å². The minimum absolute atomic E-state index is 0.113. The number of halogens is 1. The van der Waals surface area contributed by atoms with Crippen molar-refractivity contribution in [3.8, 4) is 0 Å². The van der Waals surface area contributed by atoms with Gasteiger partial charge < -0.3 is 5.11 Å². The summed E-state index contributed by atoms with van der Waals surface area (Å²) in [5.41, 5.74) is 1.59. The molecule has 0 aliphatic carbocycles. The second-order valence-electron chi connectivity index (χ2n) is 5.17. The molecule has 24 heavy (non-hydrogen) atoms. The van der Waals surface area contributed by atoms with Crippen molar-refractivity contribution >= 4 is 38.2 Å². The summed E-state index contributed by atoms with van der Waals surface area (Å²) in [6.45, 7) is 11.0. The topological polar surface area (TPSA) is 60.9 Å². The monoisotopic (exact) mass is 440 g/mol. The maximum atomic E-state index is 12.6. The number of benzene rings is 1. The first-order valence-corrected chi connectivity index (χ1v) is 8.36. The predicted molar refractivity (Wildman–Crippen MR) is 106 cm³/mol. The molecule has 6 heteroatoms. The smallest absolute Gasteiger partial charge is 0.336 e. The van der Waals surface area contributed by atoms with E-state index in [2.05, 4.69) is 13.2 Å². The molecule has 0 fully saturated rings. The molecular formula is C18H21IN2O3. The van der Waals surface area contributed by atoms with Crippen LogP contribution in [0.5, 0.6) is 0 Å². The zero-order valence-corrected chi connectivity index (χ0v) is 16.1. The minimum Gasteiger partial charge on any atom is -0.506 e. The molecule has 0 spiro atoms. The molecule has 5 nitrogen and oxygen atoms in total. The number of aliphatic hydroxyl groups excluding tert-OH is 1. The summed E-state index contributed by atoms with van der Waals surface area (Å²) < 4.78 is -0.457. The van der Waals surface area contributed by atoms with Crippen LogP contribution in [-0.4, -0.2) is 27.0 Å². The van der Waals surface area contributed by atoms with Gasteiger partial charge in [0.25, 0.3) is 3.91 Å². The molecule has 0 radical (unpaired) electrons. The molecule has 0 aromatic heterocycles. The van der Waals surface area contributed by atoms with E-state index in [-0.39, 0.29) is 17.4 Å². The van der Waals surface area contributed by atoms with E-state index in [1.165, 1.54) is 13.1 Å². The highest BCUT2D eigenvalue weighted by Gasteiger charge is 2.27. The van der Waals surface area contributed by atoms with Crippen molar-refractivity contribution in [3.05, 3.63) is 66.6 Å². The van der Waals surface area contributed by atoms with Gasteiger partial charge in [0.15, 0.2) is 0 Å². The van der Waals surface area contributed by atoms with Crippen molar-refractivity contribution in [1.29, 1.82) is 0 Å². The first-order valence-electron chi connectivity index (χ1n) is 7.28. The molecule has 0 saturated heterocycles. The zero-order valence-electron chi connectivity index (χ0n) is 14.0. The lowest BCUT2D eigenvalue weighted by Crippen LogP contribution is -2.42. The summed E-state index contributed by atoms with van der Waals surface area (Å²) in [4.78, 5) is 26.8. The van der Waals surface area contributed by atoms with Crippen LogP contribution in [0.2, 0.25) is 0 Å². The quantitative estimate of drug-likeness (QED) is 0.167. The number of nitrogens with zero attached hydrogens (tertiary/aromatic N) is 2. The number of anilines is 1. The standard InChI is InChI=1S/C18H21IN2O3/c1-6-12(3)14-8-10-15(11-9-14)21(17(19)23)18(24)20(5)13(4)16(22)7-2/h6-12,22H,1,4H2,2-3,5H3/b16-7+. The predicted octanol–water partition coefficient (Wildman–Crippen LogP) is 5.36. The average Bonchev–Trinajstić information content (AvgIpc) is 2.59. The van der Waals surface area contributed by atoms with Gasteiger partial charge >= 0.3 is 6.03 Å². The van der Waals surface area contributed by atoms with E-state index in [0.29, 0.717) is 5.69 Å². The summed E-state index contributed by atoms with van der Waals surface area (Å²) >= 11 is 1.55. The second kappa shape index (κ2) is 8.68. The van der Waals surface area contributed by atoms with Gasteiger partial charge in [0.05, 0.1) is 11.4 Å². The van der Waals surface area contributed by atoms with E-state index < -0.39 is 9.95 Å². The molecule has 0 heterocycles. The normalized spacial score (nSPS) is 12.2. The molecule has 0 aliphatic heterocycles. The number of allylic oxidation sites excluding steroid dienone is 2. The lowest BCUT2D eigenvalue weighted by molar-refractivity contribution is 0.222. The Morgan fingerprint density at radius 2 is 1.83 bits per heavy atom. The van der Waals surface area contributed by atoms with Crippen LogP contribution in [0.15, 0.2) is 61.0 Å². The maximum absolute atomic E-state index is 12.6. The fourth-order valence-electron chi connectivity index (χ4n) is 1.95. The molecule has 1 rings (SSSR count). The summed E-state index contributed by atoms with van der Waals surface area (Å²) in [5, 5.41) is 9.71. The third kappa shape index (κ3) is 4.47. The van der Waals surface area contributed by atoms with Crippen molar-refractivity contribution in [2.45, 2.75) is 19.8 Å². The minimum atomic E-state index is -0.600. The van der Waals surface area contributed by atoms with E-state index in [1.54, 1.807) is 41.6 Å². The number of likely N-dealkylation sites (N-methyl/N-ethyl adjacent to an activating group) is 1. The Balaban J connectivity index is 3.15. The fraction of sp³-hybridized carbons (Fsp3) is 0.222. The molecule has 1 aromatic rings. The largest absolute Gasteiger partial charge is 0.506 e. The summed E-state index contributed by atoms with van der Waals surface area (Å²) in [6, 6.07) is 6.50. The van der Waals surface area contributed by atoms with Crippen molar-refractivity contribution < 1.29 is 14.7 Å². The summed E-state index contributed by atoms with van der Waals surface area (Å²) in [7, 11) is 1.45. The number of carbonyl (C=O) groups excluding carboxylic acids is 2. The van der Waals surface area contributed by atoms with Crippen LogP contribution in [-0.2, 0) is 0 Å². The Morgan fingerprint density at radius 3 is 2.25 bits per heavy atom. The Kier molecular flexibility index (Phi) is 7.21. The van der Waals surface area contributed by atoms with Gasteiger partial charge in [0.1, 0.15) is 5.76 Å². The molecule has 0 bridgehead atoms. The van der Waals surface area contributed by atoms with E-state index in [0.717, 1.165) is 15.4 Å². The number of hydrogen-bond acceptors (Lipinski definition) is 3. The van der Waals surface area contributed by atoms with Gasteiger partial charge in [0, 0.05) is 29.6 Å². The van der Waals surface area contributed by atoms with Crippen LogP contribution in [0.3, 0.4) is 0 Å². The number of imide groups is 1. The molecule has 0 saturated carbocycles. The number of carbonyl (C=O) groups is 2. The third-order valence-electron chi connectivity index (χ3n) is 3.66. The van der Waals surface area contributed by atoms with Crippen LogP contribution >= 0.6 is 22.6 Å². The lowest BCUT2D eigenvalue weighted by atomic mass is 10.0. The summed E-state index contributed by atoms with van der Waals surface area (Å²) in [6.07, 6.45) is 3.24. The average molecular weight is 440 g/mol. The number of urea groups is 1. The first kappa shape index (κ1) is 20.0. The van der Waals surface area contributed by atoms with Crippen molar-refractivity contribution in [1.82, 2.24) is 4.90 Å². The number of amides is 3. The van der Waals surface area contributed by atoms with Gasteiger partial charge in [0.2, 0.25) is 0 Å². The lowest BCUT2D eigenvalue weighted by Gasteiger charge is -2.26. The van der Waals surface area contributed by atoms with Crippen molar-refractivity contribution in [3.63, 3.8) is 0 Å². The Bertz CT molecular complexity index is 680. The third-order valence-corrected chi connectivity index (χ3v) is 4.14. The molecule has 1 atom stereocenters. The van der Waals surface area contributed by atoms with Crippen LogP contribution in [0.25, 0.3) is 0 Å². The van der Waals surface area contributed by atoms with E-state index in [9.17, 15) is 14.7 Å². The maximum Gasteiger partial charge on any atom is 0.336 e. The SMILES string of the molecule is C=CC(C)c1ccc(N(C(=O)I)C(=O)N(C)C(=C)/C(O)=C\C)cc1. The van der Waals surface area contributed by atoms with Crippen molar-refractivity contribution in [2.75, 3.05) is 11.9 Å². The number of rotatable bonds is 5. The highest BCUT2D eigenvalue weighted by Crippen LogP contribution is 2.24. The van der Waals surface area contributed by atoms with Gasteiger partial charge in [-0.3, -0.25) is 9.69 Å². The zero-order chi connectivity index (χ0) is 18.4. The second-order valence-corrected chi connectivity index (χ2v) is 6.09. The molecular weight excluding hydrogens is 419 g/mol. The Hall–Kier alpha value is -2.09. The molecule has 1 unspecified atom stereocenters. The number of aliphatic hydroxyl groups is 1. The van der Waals surface area contributed by atoms with E-state index in [1.807, 2.05) is 25.1 Å². The van der Waals surface area contributed by atoms with Gasteiger partial charge in [-0.25, -0.2) is 9.69 Å². The van der Waals surface area contributed by atoms with Gasteiger partial charge in [-0.05, 0) is 36.6 Å².